The second-order valence-corrected chi connectivity index (χ2v) is 10.5. The van der Waals surface area contributed by atoms with E-state index in [2.05, 4.69) is 39.4 Å². The minimum absolute atomic E-state index is 0.418. The van der Waals surface area contributed by atoms with Crippen molar-refractivity contribution >= 4 is 32.6 Å². The summed E-state index contributed by atoms with van der Waals surface area (Å²) in [4.78, 5) is 16.2. The number of aromatic nitrogens is 3. The summed E-state index contributed by atoms with van der Waals surface area (Å²) in [5.41, 5.74) is 4.82. The van der Waals surface area contributed by atoms with Gasteiger partial charge in [0.15, 0.2) is 5.13 Å². The first kappa shape index (κ1) is 16.7. The predicted octanol–water partition coefficient (Wildman–Crippen LogP) is 4.37. The highest BCUT2D eigenvalue weighted by atomic mass is 32.1. The summed E-state index contributed by atoms with van der Waals surface area (Å²) in [5, 5.41) is 4.17. The lowest BCUT2D eigenvalue weighted by Gasteiger charge is -2.51. The first-order valence-electron chi connectivity index (χ1n) is 10.9. The monoisotopic (exact) mass is 403 g/mol. The molecule has 0 radical (unpaired) electrons. The average Bonchev–Trinajstić information content (AvgIpc) is 3.33. The quantitative estimate of drug-likeness (QED) is 0.688. The number of nitrogens with zero attached hydrogens (tertiary/aromatic N) is 4. The van der Waals surface area contributed by atoms with Crippen LogP contribution in [0.1, 0.15) is 36.8 Å². The van der Waals surface area contributed by atoms with Crippen LogP contribution in [-0.4, -0.2) is 39.5 Å². The summed E-state index contributed by atoms with van der Waals surface area (Å²) >= 11 is 1.72. The second-order valence-electron chi connectivity index (χ2n) is 9.49. The van der Waals surface area contributed by atoms with Gasteiger partial charge in [0.1, 0.15) is 0 Å². The third kappa shape index (κ3) is 2.11. The smallest absolute Gasteiger partial charge is 0.228 e. The number of anilines is 2. The van der Waals surface area contributed by atoms with Gasteiger partial charge in [0, 0.05) is 30.4 Å². The van der Waals surface area contributed by atoms with Gasteiger partial charge in [-0.1, -0.05) is 24.2 Å². The molecule has 3 heterocycles. The van der Waals surface area contributed by atoms with Gasteiger partial charge >= 0.3 is 0 Å². The zero-order valence-electron chi connectivity index (χ0n) is 16.6. The summed E-state index contributed by atoms with van der Waals surface area (Å²) in [6, 6.07) is 7.56. The van der Waals surface area contributed by atoms with Crippen molar-refractivity contribution in [1.82, 2.24) is 19.9 Å². The van der Waals surface area contributed by atoms with Crippen molar-refractivity contribution in [2.75, 3.05) is 18.9 Å². The van der Waals surface area contributed by atoms with Gasteiger partial charge in [0.05, 0.1) is 10.2 Å². The molecular formula is C23H25N5S. The summed E-state index contributed by atoms with van der Waals surface area (Å²) in [6.07, 6.45) is 10.4. The van der Waals surface area contributed by atoms with E-state index in [1.807, 2.05) is 6.07 Å². The number of thiazole rings is 1. The van der Waals surface area contributed by atoms with Crippen molar-refractivity contribution in [1.29, 1.82) is 0 Å². The van der Waals surface area contributed by atoms with Crippen LogP contribution in [0.15, 0.2) is 30.6 Å². The minimum Gasteiger partial charge on any atom is -0.302 e. The zero-order chi connectivity index (χ0) is 19.2. The van der Waals surface area contributed by atoms with Crippen molar-refractivity contribution in [2.45, 2.75) is 43.6 Å². The van der Waals surface area contributed by atoms with E-state index in [1.54, 1.807) is 34.9 Å². The molecule has 3 aliphatic carbocycles. The van der Waals surface area contributed by atoms with Crippen molar-refractivity contribution in [3.8, 4) is 0 Å². The predicted molar refractivity (Wildman–Crippen MR) is 116 cm³/mol. The summed E-state index contributed by atoms with van der Waals surface area (Å²) in [5.74, 6) is 3.16. The Hall–Kier alpha value is -2.05. The van der Waals surface area contributed by atoms with Crippen LogP contribution in [0.2, 0.25) is 0 Å². The van der Waals surface area contributed by atoms with Crippen molar-refractivity contribution in [2.24, 2.45) is 17.8 Å². The fraction of sp³-hybridized carbons (Fsp3) is 0.522. The van der Waals surface area contributed by atoms with E-state index < -0.39 is 0 Å². The maximum Gasteiger partial charge on any atom is 0.228 e. The number of hydrogen-bond donors (Lipinski definition) is 1. The molecule has 2 saturated carbocycles. The number of hydrogen-bond acceptors (Lipinski definition) is 6. The van der Waals surface area contributed by atoms with E-state index in [4.69, 9.17) is 4.98 Å². The average molecular weight is 404 g/mol. The Bertz CT molecular complexity index is 1110. The lowest BCUT2D eigenvalue weighted by atomic mass is 9.56. The molecule has 3 fully saturated rings. The van der Waals surface area contributed by atoms with E-state index >= 15 is 0 Å². The van der Waals surface area contributed by atoms with Crippen LogP contribution in [0.4, 0.5) is 11.1 Å². The Morgan fingerprint density at radius 2 is 2.07 bits per heavy atom. The van der Waals surface area contributed by atoms with E-state index in [0.29, 0.717) is 11.4 Å². The van der Waals surface area contributed by atoms with Crippen LogP contribution in [0, 0.1) is 17.8 Å². The van der Waals surface area contributed by atoms with E-state index in [9.17, 15) is 0 Å². The van der Waals surface area contributed by atoms with Crippen LogP contribution >= 0.6 is 11.3 Å². The molecule has 3 aromatic rings. The molecule has 5 atom stereocenters. The fourth-order valence-corrected chi connectivity index (χ4v) is 8.53. The van der Waals surface area contributed by atoms with Crippen LogP contribution in [0.3, 0.4) is 0 Å². The maximum absolute atomic E-state index is 4.93. The van der Waals surface area contributed by atoms with Gasteiger partial charge in [-0.2, -0.15) is 0 Å². The number of likely N-dealkylation sites (tertiary alicyclic amines) is 1. The van der Waals surface area contributed by atoms with Gasteiger partial charge in [-0.05, 0) is 73.4 Å². The lowest BCUT2D eigenvalue weighted by Crippen LogP contribution is -2.51. The number of rotatable bonds is 2. The first-order valence-corrected chi connectivity index (χ1v) is 11.7. The Labute approximate surface area is 174 Å². The van der Waals surface area contributed by atoms with Crippen LogP contribution < -0.4 is 5.32 Å². The molecule has 148 valence electrons. The lowest BCUT2D eigenvalue weighted by molar-refractivity contribution is 0.0624. The molecular weight excluding hydrogens is 378 g/mol. The SMILES string of the molecule is CN1CC2[C@H]3Cc4cc5sc(Nc6ncccn6)nc5cc4C24CCCC[C@H]4C31. The minimum atomic E-state index is 0.418. The molecule has 1 aromatic carbocycles. The van der Waals surface area contributed by atoms with Gasteiger partial charge in [-0.15, -0.1) is 0 Å². The molecule has 4 aliphatic rings. The van der Waals surface area contributed by atoms with E-state index in [1.165, 1.54) is 43.3 Å². The van der Waals surface area contributed by atoms with Gasteiger partial charge in [-0.3, -0.25) is 0 Å². The maximum atomic E-state index is 4.93. The third-order valence-electron chi connectivity index (χ3n) is 8.40. The number of nitrogens with one attached hydrogen (secondary N) is 1. The normalized spacial score (nSPS) is 34.9. The van der Waals surface area contributed by atoms with Gasteiger partial charge in [-0.25, -0.2) is 15.0 Å². The van der Waals surface area contributed by atoms with E-state index in [0.717, 1.165) is 34.4 Å². The van der Waals surface area contributed by atoms with Crippen molar-refractivity contribution in [3.63, 3.8) is 0 Å². The molecule has 3 unspecified atom stereocenters. The Kier molecular flexibility index (Phi) is 3.32. The number of benzene rings is 1. The highest BCUT2D eigenvalue weighted by molar-refractivity contribution is 7.22. The molecule has 4 bridgehead atoms. The first-order chi connectivity index (χ1) is 14.2. The van der Waals surface area contributed by atoms with Crippen LogP contribution in [0.5, 0.6) is 0 Å². The molecule has 7 rings (SSSR count). The molecule has 1 saturated heterocycles. The largest absolute Gasteiger partial charge is 0.302 e. The summed E-state index contributed by atoms with van der Waals surface area (Å²) < 4.78 is 1.29. The second kappa shape index (κ2) is 5.76. The molecule has 29 heavy (non-hydrogen) atoms. The van der Waals surface area contributed by atoms with Gasteiger partial charge in [0.2, 0.25) is 5.95 Å². The van der Waals surface area contributed by atoms with E-state index in [-0.39, 0.29) is 0 Å². The topological polar surface area (TPSA) is 53.9 Å². The third-order valence-corrected chi connectivity index (χ3v) is 9.33. The van der Waals surface area contributed by atoms with Crippen molar-refractivity contribution < 1.29 is 0 Å². The molecule has 0 amide bonds. The van der Waals surface area contributed by atoms with Gasteiger partial charge < -0.3 is 10.2 Å². The Balaban J connectivity index is 1.35. The standard InChI is InChI=1S/C23H25N5S/c1-28-12-17-14-9-13-10-19-18(26-22(29-19)27-21-24-7-4-8-25-21)11-16(13)23(17)6-3-2-5-15(23)20(14)28/h4,7-8,10-11,14-15,17,20H,2-3,5-6,9,12H2,1H3,(H,24,25,26,27)/t14-,15+,17?,20?,23?/m1/s1. The number of piperidine rings is 1. The Morgan fingerprint density at radius 1 is 1.17 bits per heavy atom. The number of fused-ring (bicyclic) bond motifs is 3. The van der Waals surface area contributed by atoms with Crippen LogP contribution in [-0.2, 0) is 11.8 Å². The molecule has 2 aromatic heterocycles. The Morgan fingerprint density at radius 3 is 2.97 bits per heavy atom. The molecule has 1 aliphatic heterocycles. The molecule has 5 nitrogen and oxygen atoms in total. The van der Waals surface area contributed by atoms with Gasteiger partial charge in [0.25, 0.3) is 0 Å². The summed E-state index contributed by atoms with van der Waals surface area (Å²) in [6.45, 7) is 1.29. The summed E-state index contributed by atoms with van der Waals surface area (Å²) in [7, 11) is 2.37. The fourth-order valence-electron chi connectivity index (χ4n) is 7.63. The molecule has 6 heteroatoms. The highest BCUT2D eigenvalue weighted by Crippen LogP contribution is 2.67. The molecule has 1 spiro atoms. The van der Waals surface area contributed by atoms with Crippen LogP contribution in [0.25, 0.3) is 10.2 Å². The molecule has 1 N–H and O–H groups in total. The highest BCUT2D eigenvalue weighted by Gasteiger charge is 2.67. The zero-order valence-corrected chi connectivity index (χ0v) is 17.5. The van der Waals surface area contributed by atoms with Crippen molar-refractivity contribution in [3.05, 3.63) is 41.7 Å².